The molecule has 2 aromatic carbocycles. The number of benzene rings is 2. The van der Waals surface area contributed by atoms with Crippen molar-refractivity contribution in [1.29, 1.82) is 0 Å². The van der Waals surface area contributed by atoms with E-state index in [0.717, 1.165) is 37.2 Å². The Hall–Kier alpha value is -1.84. The minimum Gasteiger partial charge on any atom is -0.462 e. The molecule has 3 nitrogen and oxygen atoms in total. The molecule has 27 heavy (non-hydrogen) atoms. The lowest BCUT2D eigenvalue weighted by molar-refractivity contribution is -0.153. The van der Waals surface area contributed by atoms with E-state index < -0.39 is 5.41 Å². The third kappa shape index (κ3) is 5.82. The van der Waals surface area contributed by atoms with Gasteiger partial charge in [0.05, 0.1) is 0 Å². The Morgan fingerprint density at radius 3 is 1.81 bits per heavy atom. The Kier molecular flexibility index (Phi) is 9.54. The van der Waals surface area contributed by atoms with Gasteiger partial charge in [-0.1, -0.05) is 74.5 Å². The Balaban J connectivity index is 0.00000364. The van der Waals surface area contributed by atoms with Crippen molar-refractivity contribution in [3.63, 3.8) is 0 Å². The summed E-state index contributed by atoms with van der Waals surface area (Å²) >= 11 is 0. The largest absolute Gasteiger partial charge is 0.462 e. The van der Waals surface area contributed by atoms with E-state index in [1.54, 1.807) is 0 Å². The van der Waals surface area contributed by atoms with Crippen molar-refractivity contribution >= 4 is 18.4 Å². The normalized spacial score (nSPS) is 12.3. The molecule has 0 aliphatic heterocycles. The molecule has 0 saturated heterocycles. The minimum atomic E-state index is -0.814. The molecule has 0 radical (unpaired) electrons. The predicted octanol–water partition coefficient (Wildman–Crippen LogP) is 5.08. The van der Waals surface area contributed by atoms with Crippen LogP contribution in [0.2, 0.25) is 0 Å². The first-order valence-corrected chi connectivity index (χ1v) is 9.56. The predicted molar refractivity (Wildman–Crippen MR) is 115 cm³/mol. The standard InChI is InChI=1S/C23H31NO2.ClH/c1-5-24(6-2)18-17-19(3)26-22(25)23(4,20-13-9-7-10-14-20)21-15-11-8-12-16-21;/h7-16,19H,5-6,17-18H2,1-4H3;1H. The van der Waals surface area contributed by atoms with Gasteiger partial charge in [-0.2, -0.15) is 0 Å². The van der Waals surface area contributed by atoms with Crippen molar-refractivity contribution in [1.82, 2.24) is 4.90 Å². The molecule has 4 heteroatoms. The summed E-state index contributed by atoms with van der Waals surface area (Å²) < 4.78 is 5.90. The van der Waals surface area contributed by atoms with E-state index in [1.165, 1.54) is 0 Å². The highest BCUT2D eigenvalue weighted by Gasteiger charge is 2.39. The number of ether oxygens (including phenoxy) is 1. The van der Waals surface area contributed by atoms with Crippen molar-refractivity contribution in [2.24, 2.45) is 0 Å². The van der Waals surface area contributed by atoms with E-state index in [1.807, 2.05) is 74.5 Å². The molecule has 0 aliphatic rings. The second-order valence-corrected chi connectivity index (χ2v) is 6.89. The average molecular weight is 390 g/mol. The number of carbonyl (C=O) groups excluding carboxylic acids is 1. The van der Waals surface area contributed by atoms with Crippen LogP contribution in [0.1, 0.15) is 45.2 Å². The van der Waals surface area contributed by atoms with Gasteiger partial charge in [-0.25, -0.2) is 0 Å². The number of nitrogens with zero attached hydrogens (tertiary/aromatic N) is 1. The zero-order valence-corrected chi connectivity index (χ0v) is 17.7. The van der Waals surface area contributed by atoms with Crippen molar-refractivity contribution in [3.8, 4) is 0 Å². The lowest BCUT2D eigenvalue weighted by Gasteiger charge is -2.30. The van der Waals surface area contributed by atoms with Crippen LogP contribution in [0.25, 0.3) is 0 Å². The number of esters is 1. The van der Waals surface area contributed by atoms with E-state index in [9.17, 15) is 4.79 Å². The van der Waals surface area contributed by atoms with Crippen LogP contribution in [0.15, 0.2) is 60.7 Å². The summed E-state index contributed by atoms with van der Waals surface area (Å²) in [5.74, 6) is -0.193. The summed E-state index contributed by atoms with van der Waals surface area (Å²) in [6, 6.07) is 19.8. The van der Waals surface area contributed by atoms with Crippen molar-refractivity contribution < 1.29 is 9.53 Å². The van der Waals surface area contributed by atoms with Gasteiger partial charge in [-0.3, -0.25) is 4.79 Å². The van der Waals surface area contributed by atoms with E-state index in [-0.39, 0.29) is 24.5 Å². The summed E-state index contributed by atoms with van der Waals surface area (Å²) in [6.45, 7) is 11.2. The van der Waals surface area contributed by atoms with Gasteiger partial charge >= 0.3 is 5.97 Å². The monoisotopic (exact) mass is 389 g/mol. The summed E-state index contributed by atoms with van der Waals surface area (Å²) in [4.78, 5) is 15.6. The lowest BCUT2D eigenvalue weighted by Crippen LogP contribution is -2.38. The van der Waals surface area contributed by atoms with Crippen LogP contribution < -0.4 is 0 Å². The van der Waals surface area contributed by atoms with E-state index in [0.29, 0.717) is 0 Å². The highest BCUT2D eigenvalue weighted by molar-refractivity contribution is 5.87. The van der Waals surface area contributed by atoms with E-state index >= 15 is 0 Å². The molecule has 0 saturated carbocycles. The SMILES string of the molecule is CCN(CC)CCC(C)OC(=O)C(C)(c1ccccc1)c1ccccc1.Cl. The molecule has 0 aromatic heterocycles. The molecule has 0 aliphatic carbocycles. The van der Waals surface area contributed by atoms with E-state index in [2.05, 4.69) is 18.7 Å². The first kappa shape index (κ1) is 23.2. The summed E-state index contributed by atoms with van der Waals surface area (Å²) in [7, 11) is 0. The molecule has 0 bridgehead atoms. The number of hydrogen-bond donors (Lipinski definition) is 0. The van der Waals surface area contributed by atoms with Gasteiger partial charge in [-0.05, 0) is 44.5 Å². The van der Waals surface area contributed by atoms with Gasteiger partial charge in [0.25, 0.3) is 0 Å². The fourth-order valence-corrected chi connectivity index (χ4v) is 3.21. The van der Waals surface area contributed by atoms with Crippen LogP contribution in [0.4, 0.5) is 0 Å². The van der Waals surface area contributed by atoms with Crippen LogP contribution in [0.5, 0.6) is 0 Å². The van der Waals surface area contributed by atoms with Crippen LogP contribution in [-0.2, 0) is 14.9 Å². The molecule has 0 fully saturated rings. The number of carbonyl (C=O) groups is 1. The number of hydrogen-bond acceptors (Lipinski definition) is 3. The van der Waals surface area contributed by atoms with Gasteiger partial charge in [0, 0.05) is 6.54 Å². The highest BCUT2D eigenvalue weighted by Crippen LogP contribution is 2.33. The molecule has 1 atom stereocenters. The molecule has 0 spiro atoms. The maximum atomic E-state index is 13.2. The number of rotatable bonds is 9. The highest BCUT2D eigenvalue weighted by atomic mass is 35.5. The van der Waals surface area contributed by atoms with Gasteiger partial charge in [0.2, 0.25) is 0 Å². The Morgan fingerprint density at radius 2 is 1.41 bits per heavy atom. The Morgan fingerprint density at radius 1 is 0.963 bits per heavy atom. The second-order valence-electron chi connectivity index (χ2n) is 6.89. The molecular formula is C23H32ClNO2. The molecule has 1 unspecified atom stereocenters. The summed E-state index contributed by atoms with van der Waals surface area (Å²) in [6.07, 6.45) is 0.724. The van der Waals surface area contributed by atoms with Crippen LogP contribution in [-0.4, -0.2) is 36.6 Å². The van der Waals surface area contributed by atoms with Crippen LogP contribution >= 0.6 is 12.4 Å². The quantitative estimate of drug-likeness (QED) is 0.560. The maximum absolute atomic E-state index is 13.2. The molecule has 2 rings (SSSR count). The molecule has 2 aromatic rings. The summed E-state index contributed by atoms with van der Waals surface area (Å²) in [5.41, 5.74) is 1.09. The zero-order chi connectivity index (χ0) is 19.0. The topological polar surface area (TPSA) is 29.5 Å². The molecule has 0 heterocycles. The van der Waals surface area contributed by atoms with Crippen LogP contribution in [0.3, 0.4) is 0 Å². The lowest BCUT2D eigenvalue weighted by atomic mass is 9.76. The Labute approximate surface area is 170 Å². The average Bonchev–Trinajstić information content (AvgIpc) is 2.69. The first-order chi connectivity index (χ1) is 12.5. The number of halogens is 1. The third-order valence-electron chi connectivity index (χ3n) is 5.17. The van der Waals surface area contributed by atoms with E-state index in [4.69, 9.17) is 4.74 Å². The minimum absolute atomic E-state index is 0. The van der Waals surface area contributed by atoms with Crippen molar-refractivity contribution in [2.75, 3.05) is 19.6 Å². The molecular weight excluding hydrogens is 358 g/mol. The fraction of sp³-hybridized carbons (Fsp3) is 0.435. The van der Waals surface area contributed by atoms with Gasteiger partial charge in [-0.15, -0.1) is 12.4 Å². The maximum Gasteiger partial charge on any atom is 0.321 e. The smallest absolute Gasteiger partial charge is 0.321 e. The van der Waals surface area contributed by atoms with Gasteiger partial charge in [0.1, 0.15) is 11.5 Å². The van der Waals surface area contributed by atoms with Crippen LogP contribution in [0, 0.1) is 0 Å². The van der Waals surface area contributed by atoms with Crippen molar-refractivity contribution in [2.45, 2.75) is 45.6 Å². The fourth-order valence-electron chi connectivity index (χ4n) is 3.21. The van der Waals surface area contributed by atoms with Gasteiger partial charge < -0.3 is 9.64 Å². The molecule has 0 N–H and O–H groups in total. The first-order valence-electron chi connectivity index (χ1n) is 9.56. The molecule has 148 valence electrons. The third-order valence-corrected chi connectivity index (χ3v) is 5.17. The molecule has 0 amide bonds. The Bertz CT molecular complexity index is 632. The van der Waals surface area contributed by atoms with Gasteiger partial charge in [0.15, 0.2) is 0 Å². The zero-order valence-electron chi connectivity index (χ0n) is 16.9. The second kappa shape index (κ2) is 11.1. The van der Waals surface area contributed by atoms with Crippen molar-refractivity contribution in [3.05, 3.63) is 71.8 Å². The summed E-state index contributed by atoms with van der Waals surface area (Å²) in [5, 5.41) is 0.